The molecule has 0 radical (unpaired) electrons. The monoisotopic (exact) mass is 307 g/mol. The number of nitro groups is 1. The van der Waals surface area contributed by atoms with Crippen LogP contribution in [0.5, 0.6) is 0 Å². The number of nitrogens with zero attached hydrogens (tertiary/aromatic N) is 1. The van der Waals surface area contributed by atoms with Crippen LogP contribution in [-0.2, 0) is 4.79 Å². The molecular weight excluding hydrogens is 290 g/mol. The Kier molecular flexibility index (Phi) is 4.27. The van der Waals surface area contributed by atoms with E-state index in [2.05, 4.69) is 0 Å². The maximum absolute atomic E-state index is 12.6. The van der Waals surface area contributed by atoms with E-state index in [1.165, 1.54) is 12.1 Å². The Labute approximate surface area is 126 Å². The van der Waals surface area contributed by atoms with Gasteiger partial charge in [-0.05, 0) is 43.9 Å². The summed E-state index contributed by atoms with van der Waals surface area (Å²) < 4.78 is 0. The van der Waals surface area contributed by atoms with Crippen LogP contribution in [0.2, 0.25) is 0 Å². The first kappa shape index (κ1) is 16.1. The molecule has 0 saturated heterocycles. The van der Waals surface area contributed by atoms with E-state index in [1.54, 1.807) is 13.8 Å². The lowest BCUT2D eigenvalue weighted by Crippen LogP contribution is -2.26. The Morgan fingerprint density at radius 1 is 1.18 bits per heavy atom. The van der Waals surface area contributed by atoms with Crippen molar-refractivity contribution in [2.24, 2.45) is 11.8 Å². The van der Waals surface area contributed by atoms with E-state index in [9.17, 15) is 29.9 Å². The van der Waals surface area contributed by atoms with Crippen molar-refractivity contribution in [1.29, 1.82) is 0 Å². The Morgan fingerprint density at radius 2 is 1.73 bits per heavy atom. The summed E-state index contributed by atoms with van der Waals surface area (Å²) in [4.78, 5) is 34.4. The van der Waals surface area contributed by atoms with Crippen molar-refractivity contribution in [3.63, 3.8) is 0 Å². The van der Waals surface area contributed by atoms with Crippen molar-refractivity contribution >= 4 is 17.4 Å². The van der Waals surface area contributed by atoms with Crippen LogP contribution in [-0.4, -0.2) is 33.0 Å². The van der Waals surface area contributed by atoms with Crippen LogP contribution >= 0.6 is 0 Å². The minimum absolute atomic E-state index is 0.00954. The van der Waals surface area contributed by atoms with E-state index in [-0.39, 0.29) is 24.1 Å². The van der Waals surface area contributed by atoms with Crippen molar-refractivity contribution in [2.45, 2.75) is 32.8 Å². The van der Waals surface area contributed by atoms with Gasteiger partial charge >= 0.3 is 5.97 Å². The van der Waals surface area contributed by atoms with Gasteiger partial charge in [0.2, 0.25) is 0 Å². The second-order valence-electron chi connectivity index (χ2n) is 5.75. The third-order valence-corrected chi connectivity index (χ3v) is 4.27. The average Bonchev–Trinajstić information content (AvgIpc) is 2.82. The van der Waals surface area contributed by atoms with Gasteiger partial charge in [0.1, 0.15) is 0 Å². The second kappa shape index (κ2) is 5.84. The molecule has 1 aromatic carbocycles. The van der Waals surface area contributed by atoms with Crippen molar-refractivity contribution in [2.75, 3.05) is 0 Å². The van der Waals surface area contributed by atoms with Gasteiger partial charge in [-0.3, -0.25) is 19.7 Å². The number of carboxylic acid groups (broad SMARTS) is 1. The maximum atomic E-state index is 12.6. The number of Topliss-reactive ketones (excluding diaryl/α,β-unsaturated/α-hetero) is 1. The highest BCUT2D eigenvalue weighted by Crippen LogP contribution is 2.37. The summed E-state index contributed by atoms with van der Waals surface area (Å²) in [6, 6.07) is 2.75. The fraction of sp³-hybridized carbons (Fsp3) is 0.467. The van der Waals surface area contributed by atoms with Crippen LogP contribution in [0.1, 0.15) is 34.3 Å². The topological polar surface area (TPSA) is 118 Å². The Bertz CT molecular complexity index is 654. The summed E-state index contributed by atoms with van der Waals surface area (Å²) in [7, 11) is 0. The Balaban J connectivity index is 2.47. The number of aryl methyl sites for hydroxylation is 2. The van der Waals surface area contributed by atoms with Gasteiger partial charge in [0.15, 0.2) is 5.78 Å². The average molecular weight is 307 g/mol. The number of carboxylic acids is 1. The molecule has 1 aliphatic rings. The van der Waals surface area contributed by atoms with Crippen LogP contribution in [0.15, 0.2) is 12.1 Å². The number of aliphatic hydroxyl groups excluding tert-OH is 1. The van der Waals surface area contributed by atoms with E-state index >= 15 is 0 Å². The van der Waals surface area contributed by atoms with E-state index in [0.29, 0.717) is 5.56 Å². The van der Waals surface area contributed by atoms with Gasteiger partial charge in [-0.1, -0.05) is 0 Å². The summed E-state index contributed by atoms with van der Waals surface area (Å²) in [5.74, 6) is -3.70. The van der Waals surface area contributed by atoms with Crippen molar-refractivity contribution in [1.82, 2.24) is 0 Å². The van der Waals surface area contributed by atoms with E-state index < -0.39 is 34.6 Å². The van der Waals surface area contributed by atoms with Gasteiger partial charge in [-0.25, -0.2) is 0 Å². The highest BCUT2D eigenvalue weighted by molar-refractivity contribution is 6.03. The molecule has 0 bridgehead atoms. The standard InChI is InChI=1S/C15H17NO6/c1-7-3-12(13(16(21)22)4-8(7)2)14(18)10-5-9(17)6-11(10)15(19)20/h3-4,9-11,17H,5-6H2,1-2H3,(H,19,20)/t9-,10?,11+/m0/s1. The molecule has 1 fully saturated rings. The Hall–Kier alpha value is -2.28. The van der Waals surface area contributed by atoms with Crippen LogP contribution < -0.4 is 0 Å². The maximum Gasteiger partial charge on any atom is 0.307 e. The SMILES string of the molecule is Cc1cc(C(=O)C2C[C@H](O)C[C@H]2C(=O)O)c([N+](=O)[O-])cc1C. The molecule has 22 heavy (non-hydrogen) atoms. The van der Waals surface area contributed by atoms with Crippen molar-refractivity contribution < 1.29 is 24.7 Å². The summed E-state index contributed by atoms with van der Waals surface area (Å²) in [5, 5.41) is 30.0. The highest BCUT2D eigenvalue weighted by atomic mass is 16.6. The predicted molar refractivity (Wildman–Crippen MR) is 76.8 cm³/mol. The lowest BCUT2D eigenvalue weighted by molar-refractivity contribution is -0.385. The number of benzene rings is 1. The highest BCUT2D eigenvalue weighted by Gasteiger charge is 2.43. The minimum Gasteiger partial charge on any atom is -0.481 e. The molecule has 0 heterocycles. The summed E-state index contributed by atoms with van der Waals surface area (Å²) >= 11 is 0. The summed E-state index contributed by atoms with van der Waals surface area (Å²) in [6.07, 6.45) is -0.870. The fourth-order valence-corrected chi connectivity index (χ4v) is 2.92. The summed E-state index contributed by atoms with van der Waals surface area (Å²) in [6.45, 7) is 3.43. The van der Waals surface area contributed by atoms with Gasteiger partial charge < -0.3 is 10.2 Å². The smallest absolute Gasteiger partial charge is 0.307 e. The van der Waals surface area contributed by atoms with Gasteiger partial charge in [0, 0.05) is 12.0 Å². The molecule has 0 amide bonds. The third-order valence-electron chi connectivity index (χ3n) is 4.27. The van der Waals surface area contributed by atoms with Crippen LogP contribution in [0, 0.1) is 35.8 Å². The normalized spacial score (nSPS) is 24.2. The number of hydrogen-bond acceptors (Lipinski definition) is 5. The molecule has 2 rings (SSSR count). The van der Waals surface area contributed by atoms with Gasteiger partial charge in [-0.15, -0.1) is 0 Å². The second-order valence-corrected chi connectivity index (χ2v) is 5.75. The molecule has 2 N–H and O–H groups in total. The molecule has 1 saturated carbocycles. The van der Waals surface area contributed by atoms with Gasteiger partial charge in [-0.2, -0.15) is 0 Å². The van der Waals surface area contributed by atoms with Crippen molar-refractivity contribution in [3.8, 4) is 0 Å². The Morgan fingerprint density at radius 3 is 2.27 bits per heavy atom. The molecule has 1 aliphatic carbocycles. The minimum atomic E-state index is -1.17. The quantitative estimate of drug-likeness (QED) is 0.498. The zero-order chi connectivity index (χ0) is 16.6. The number of hydrogen-bond donors (Lipinski definition) is 2. The first-order chi connectivity index (χ1) is 10.2. The number of aliphatic hydroxyl groups is 1. The van der Waals surface area contributed by atoms with E-state index in [4.69, 9.17) is 0 Å². The van der Waals surface area contributed by atoms with Crippen LogP contribution in [0.4, 0.5) is 5.69 Å². The molecule has 0 aromatic heterocycles. The number of carbonyl (C=O) groups excluding carboxylic acids is 1. The first-order valence-corrected chi connectivity index (χ1v) is 6.93. The van der Waals surface area contributed by atoms with Gasteiger partial charge in [0.05, 0.1) is 22.5 Å². The number of ketones is 1. The predicted octanol–water partition coefficient (Wildman–Crippen LogP) is 1.87. The molecule has 7 heteroatoms. The van der Waals surface area contributed by atoms with Crippen molar-refractivity contribution in [3.05, 3.63) is 38.9 Å². The third kappa shape index (κ3) is 2.85. The number of aliphatic carboxylic acids is 1. The van der Waals surface area contributed by atoms with E-state index in [1.807, 2.05) is 0 Å². The zero-order valence-corrected chi connectivity index (χ0v) is 12.3. The van der Waals surface area contributed by atoms with Crippen LogP contribution in [0.25, 0.3) is 0 Å². The summed E-state index contributed by atoms with van der Waals surface area (Å²) in [5.41, 5.74) is 1.00. The fourth-order valence-electron chi connectivity index (χ4n) is 2.92. The molecule has 1 aromatic rings. The number of rotatable bonds is 4. The lowest BCUT2D eigenvalue weighted by atomic mass is 9.87. The van der Waals surface area contributed by atoms with Crippen LogP contribution in [0.3, 0.4) is 0 Å². The zero-order valence-electron chi connectivity index (χ0n) is 12.3. The molecule has 7 nitrogen and oxygen atoms in total. The largest absolute Gasteiger partial charge is 0.481 e. The van der Waals surface area contributed by atoms with E-state index in [0.717, 1.165) is 5.56 Å². The molecule has 0 spiro atoms. The molecular formula is C15H17NO6. The lowest BCUT2D eigenvalue weighted by Gasteiger charge is -2.15. The molecule has 118 valence electrons. The molecule has 0 aliphatic heterocycles. The van der Waals surface area contributed by atoms with Gasteiger partial charge in [0.25, 0.3) is 5.69 Å². The molecule has 1 unspecified atom stereocenters. The molecule has 3 atom stereocenters. The number of nitro benzene ring substituents is 1. The first-order valence-electron chi connectivity index (χ1n) is 6.93. The number of carbonyl (C=O) groups is 2.